The standard InChI is InChI=1S/C24H24ClNO/c1-24(2,20-12-8-5-9-13-20)22(18-10-6-4-7-11-18)26-23(27-3)19-14-16-21(25)17-15-19/h4-17,23H,1-3H3. The normalized spacial score (nSPS) is 13.4. The summed E-state index contributed by atoms with van der Waals surface area (Å²) in [5, 5.41) is 0.700. The summed E-state index contributed by atoms with van der Waals surface area (Å²) in [5.41, 5.74) is 3.96. The lowest BCUT2D eigenvalue weighted by atomic mass is 9.77. The Kier molecular flexibility index (Phi) is 6.10. The fourth-order valence-corrected chi connectivity index (χ4v) is 3.32. The van der Waals surface area contributed by atoms with Crippen LogP contribution in [0.5, 0.6) is 0 Å². The molecule has 0 amide bonds. The van der Waals surface area contributed by atoms with Crippen LogP contribution in [-0.2, 0) is 10.2 Å². The van der Waals surface area contributed by atoms with Gasteiger partial charge in [-0.3, -0.25) is 4.99 Å². The molecular formula is C24H24ClNO. The average Bonchev–Trinajstić information content (AvgIpc) is 2.71. The van der Waals surface area contributed by atoms with Crippen molar-refractivity contribution >= 4 is 17.3 Å². The minimum absolute atomic E-state index is 0.286. The van der Waals surface area contributed by atoms with E-state index in [2.05, 4.69) is 50.2 Å². The van der Waals surface area contributed by atoms with E-state index in [9.17, 15) is 0 Å². The molecule has 0 saturated carbocycles. The van der Waals surface area contributed by atoms with Crippen LogP contribution < -0.4 is 0 Å². The summed E-state index contributed by atoms with van der Waals surface area (Å²) < 4.78 is 5.73. The van der Waals surface area contributed by atoms with Crippen LogP contribution in [0.3, 0.4) is 0 Å². The van der Waals surface area contributed by atoms with E-state index in [-0.39, 0.29) is 5.41 Å². The Balaban J connectivity index is 2.12. The van der Waals surface area contributed by atoms with E-state index < -0.39 is 6.23 Å². The molecule has 0 aliphatic heterocycles. The molecule has 1 unspecified atom stereocenters. The molecule has 3 rings (SSSR count). The summed E-state index contributed by atoms with van der Waals surface area (Å²) in [5.74, 6) is 0. The highest BCUT2D eigenvalue weighted by Gasteiger charge is 2.29. The fraction of sp³-hybridized carbons (Fsp3) is 0.208. The van der Waals surface area contributed by atoms with Crippen molar-refractivity contribution in [1.29, 1.82) is 0 Å². The SMILES string of the molecule is COC(N=C(c1ccccc1)C(C)(C)c1ccccc1)c1ccc(Cl)cc1. The van der Waals surface area contributed by atoms with E-state index in [0.717, 1.165) is 16.8 Å². The molecule has 3 aromatic carbocycles. The lowest BCUT2D eigenvalue weighted by molar-refractivity contribution is 0.111. The predicted octanol–water partition coefficient (Wildman–Crippen LogP) is 6.45. The molecule has 0 spiro atoms. The average molecular weight is 378 g/mol. The molecule has 0 aliphatic rings. The van der Waals surface area contributed by atoms with Gasteiger partial charge >= 0.3 is 0 Å². The summed E-state index contributed by atoms with van der Waals surface area (Å²) in [7, 11) is 1.68. The van der Waals surface area contributed by atoms with Crippen LogP contribution >= 0.6 is 11.6 Å². The molecule has 0 bridgehead atoms. The maximum absolute atomic E-state index is 6.04. The minimum Gasteiger partial charge on any atom is -0.355 e. The molecule has 0 aromatic heterocycles. The zero-order valence-corrected chi connectivity index (χ0v) is 16.6. The minimum atomic E-state index is -0.402. The van der Waals surface area contributed by atoms with Gasteiger partial charge in [0, 0.05) is 23.1 Å². The van der Waals surface area contributed by atoms with Gasteiger partial charge < -0.3 is 4.74 Å². The van der Waals surface area contributed by atoms with E-state index in [1.165, 1.54) is 5.56 Å². The molecule has 0 N–H and O–H groups in total. The molecule has 0 aliphatic carbocycles. The van der Waals surface area contributed by atoms with Crippen LogP contribution in [0.2, 0.25) is 5.02 Å². The van der Waals surface area contributed by atoms with Gasteiger partial charge in [-0.15, -0.1) is 0 Å². The van der Waals surface area contributed by atoms with Crippen molar-refractivity contribution in [3.05, 3.63) is 107 Å². The number of hydrogen-bond donors (Lipinski definition) is 0. The van der Waals surface area contributed by atoms with Gasteiger partial charge in [-0.1, -0.05) is 98.2 Å². The first kappa shape index (κ1) is 19.3. The van der Waals surface area contributed by atoms with E-state index in [1.54, 1.807) is 7.11 Å². The van der Waals surface area contributed by atoms with Gasteiger partial charge in [-0.05, 0) is 23.3 Å². The van der Waals surface area contributed by atoms with Gasteiger partial charge in [0.05, 0.1) is 5.71 Å². The van der Waals surface area contributed by atoms with E-state index in [0.29, 0.717) is 5.02 Å². The molecule has 3 heteroatoms. The van der Waals surface area contributed by atoms with Crippen molar-refractivity contribution in [1.82, 2.24) is 0 Å². The number of nitrogens with zero attached hydrogens (tertiary/aromatic N) is 1. The van der Waals surface area contributed by atoms with Crippen molar-refractivity contribution in [3.8, 4) is 0 Å². The molecule has 0 heterocycles. The van der Waals surface area contributed by atoms with Crippen molar-refractivity contribution in [2.75, 3.05) is 7.11 Å². The molecule has 0 fully saturated rings. The Bertz CT molecular complexity index is 887. The van der Waals surface area contributed by atoms with Crippen LogP contribution in [0.1, 0.15) is 36.8 Å². The van der Waals surface area contributed by atoms with Crippen LogP contribution in [0.25, 0.3) is 0 Å². The Labute approximate surface area is 166 Å². The van der Waals surface area contributed by atoms with Gasteiger partial charge in [0.1, 0.15) is 0 Å². The van der Waals surface area contributed by atoms with Gasteiger partial charge in [-0.2, -0.15) is 0 Å². The fourth-order valence-electron chi connectivity index (χ4n) is 3.19. The first-order chi connectivity index (χ1) is 13.0. The highest BCUT2D eigenvalue weighted by atomic mass is 35.5. The number of aliphatic imine (C=N–C) groups is 1. The van der Waals surface area contributed by atoms with E-state index >= 15 is 0 Å². The highest BCUT2D eigenvalue weighted by molar-refractivity contribution is 6.30. The maximum atomic E-state index is 6.04. The topological polar surface area (TPSA) is 21.6 Å². The number of halogens is 1. The first-order valence-electron chi connectivity index (χ1n) is 9.00. The van der Waals surface area contributed by atoms with Gasteiger partial charge in [-0.25, -0.2) is 0 Å². The third-order valence-corrected chi connectivity index (χ3v) is 5.01. The molecular weight excluding hydrogens is 354 g/mol. The lowest BCUT2D eigenvalue weighted by Crippen LogP contribution is -2.31. The summed E-state index contributed by atoms with van der Waals surface area (Å²) in [6, 6.07) is 28.4. The smallest absolute Gasteiger partial charge is 0.174 e. The van der Waals surface area contributed by atoms with Crippen LogP contribution in [-0.4, -0.2) is 12.8 Å². The van der Waals surface area contributed by atoms with Crippen LogP contribution in [0.4, 0.5) is 0 Å². The van der Waals surface area contributed by atoms with Crippen molar-refractivity contribution in [2.45, 2.75) is 25.5 Å². The number of rotatable bonds is 6. The monoisotopic (exact) mass is 377 g/mol. The predicted molar refractivity (Wildman–Crippen MR) is 114 cm³/mol. The van der Waals surface area contributed by atoms with Crippen molar-refractivity contribution < 1.29 is 4.74 Å². The maximum Gasteiger partial charge on any atom is 0.174 e. The second-order valence-electron chi connectivity index (χ2n) is 6.97. The lowest BCUT2D eigenvalue weighted by Gasteiger charge is -2.29. The number of hydrogen-bond acceptors (Lipinski definition) is 2. The quantitative estimate of drug-likeness (QED) is 0.452. The van der Waals surface area contributed by atoms with Crippen LogP contribution in [0.15, 0.2) is 89.9 Å². The number of ether oxygens (including phenoxy) is 1. The summed E-state index contributed by atoms with van der Waals surface area (Å²) in [6.45, 7) is 4.39. The van der Waals surface area contributed by atoms with Crippen molar-refractivity contribution in [2.24, 2.45) is 4.99 Å². The van der Waals surface area contributed by atoms with Crippen molar-refractivity contribution in [3.63, 3.8) is 0 Å². The van der Waals surface area contributed by atoms with Crippen LogP contribution in [0, 0.1) is 0 Å². The molecule has 3 aromatic rings. The Hall–Kier alpha value is -2.42. The highest BCUT2D eigenvalue weighted by Crippen LogP contribution is 2.31. The largest absolute Gasteiger partial charge is 0.355 e. The third kappa shape index (κ3) is 4.47. The number of benzene rings is 3. The first-order valence-corrected chi connectivity index (χ1v) is 9.37. The molecule has 0 saturated heterocycles. The van der Waals surface area contributed by atoms with Gasteiger partial charge in [0.15, 0.2) is 6.23 Å². The molecule has 0 radical (unpaired) electrons. The second-order valence-corrected chi connectivity index (χ2v) is 7.41. The Morgan fingerprint density at radius 1 is 0.852 bits per heavy atom. The Morgan fingerprint density at radius 3 is 1.96 bits per heavy atom. The second kappa shape index (κ2) is 8.51. The third-order valence-electron chi connectivity index (χ3n) is 4.76. The summed E-state index contributed by atoms with van der Waals surface area (Å²) in [6.07, 6.45) is -0.402. The zero-order valence-electron chi connectivity index (χ0n) is 15.9. The number of methoxy groups -OCH3 is 1. The molecule has 138 valence electrons. The van der Waals surface area contributed by atoms with Gasteiger partial charge in [0.25, 0.3) is 0 Å². The van der Waals surface area contributed by atoms with E-state index in [1.807, 2.05) is 48.5 Å². The summed E-state index contributed by atoms with van der Waals surface area (Å²) in [4.78, 5) is 5.06. The zero-order chi connectivity index (χ0) is 19.3. The Morgan fingerprint density at radius 2 is 1.41 bits per heavy atom. The van der Waals surface area contributed by atoms with Gasteiger partial charge in [0.2, 0.25) is 0 Å². The molecule has 2 nitrogen and oxygen atoms in total. The summed E-state index contributed by atoms with van der Waals surface area (Å²) >= 11 is 6.04. The molecule has 27 heavy (non-hydrogen) atoms. The van der Waals surface area contributed by atoms with E-state index in [4.69, 9.17) is 21.3 Å². The molecule has 1 atom stereocenters.